The van der Waals surface area contributed by atoms with Crippen LogP contribution in [0.5, 0.6) is 0 Å². The van der Waals surface area contributed by atoms with Crippen LogP contribution in [0.15, 0.2) is 35.7 Å². The molecule has 0 saturated heterocycles. The number of halogens is 2. The van der Waals surface area contributed by atoms with Gasteiger partial charge in [-0.1, -0.05) is 47.0 Å². The standard InChI is InChI=1S/C20H18Cl2N2OS/c1-11-6-12(2)19(13(3)7-11)17-10-26-20(23-17)24-18(25)9-14-4-5-15(21)16(22)8-14/h4-8,10H,9H2,1-3H3,(H,23,24,25). The van der Waals surface area contributed by atoms with Crippen molar-refractivity contribution >= 4 is 45.6 Å². The average Bonchev–Trinajstić information content (AvgIpc) is 2.97. The summed E-state index contributed by atoms with van der Waals surface area (Å²) in [5.41, 5.74) is 6.41. The van der Waals surface area contributed by atoms with Crippen molar-refractivity contribution in [2.45, 2.75) is 27.2 Å². The van der Waals surface area contributed by atoms with Crippen LogP contribution < -0.4 is 5.32 Å². The molecule has 0 saturated carbocycles. The fourth-order valence-corrected chi connectivity index (χ4v) is 4.07. The van der Waals surface area contributed by atoms with Crippen molar-refractivity contribution in [1.82, 2.24) is 4.98 Å². The number of benzene rings is 2. The smallest absolute Gasteiger partial charge is 0.230 e. The van der Waals surface area contributed by atoms with E-state index in [1.54, 1.807) is 18.2 Å². The first-order chi connectivity index (χ1) is 12.3. The molecule has 2 aromatic carbocycles. The zero-order valence-corrected chi connectivity index (χ0v) is 17.0. The molecule has 134 valence electrons. The van der Waals surface area contributed by atoms with Crippen LogP contribution in [-0.2, 0) is 11.2 Å². The van der Waals surface area contributed by atoms with E-state index in [0.29, 0.717) is 15.2 Å². The van der Waals surface area contributed by atoms with Crippen molar-refractivity contribution in [2.75, 3.05) is 5.32 Å². The van der Waals surface area contributed by atoms with Crippen LogP contribution in [0.25, 0.3) is 11.3 Å². The fourth-order valence-electron chi connectivity index (χ4n) is 3.03. The average molecular weight is 405 g/mol. The van der Waals surface area contributed by atoms with Gasteiger partial charge in [-0.15, -0.1) is 11.3 Å². The normalized spacial score (nSPS) is 10.8. The van der Waals surface area contributed by atoms with E-state index in [2.05, 4.69) is 43.2 Å². The quantitative estimate of drug-likeness (QED) is 0.560. The largest absolute Gasteiger partial charge is 0.302 e. The van der Waals surface area contributed by atoms with Crippen LogP contribution in [0.3, 0.4) is 0 Å². The molecule has 0 fully saturated rings. The van der Waals surface area contributed by atoms with Gasteiger partial charge < -0.3 is 5.32 Å². The van der Waals surface area contributed by atoms with Gasteiger partial charge >= 0.3 is 0 Å². The Balaban J connectivity index is 1.74. The lowest BCUT2D eigenvalue weighted by Gasteiger charge is -2.08. The van der Waals surface area contributed by atoms with Crippen molar-refractivity contribution < 1.29 is 4.79 Å². The topological polar surface area (TPSA) is 42.0 Å². The second kappa shape index (κ2) is 7.78. The maximum absolute atomic E-state index is 12.3. The van der Waals surface area contributed by atoms with Gasteiger partial charge in [0, 0.05) is 10.9 Å². The van der Waals surface area contributed by atoms with Gasteiger partial charge in [-0.3, -0.25) is 4.79 Å². The molecule has 0 aliphatic heterocycles. The summed E-state index contributed by atoms with van der Waals surface area (Å²) in [6, 6.07) is 9.47. The van der Waals surface area contributed by atoms with Gasteiger partial charge in [0.2, 0.25) is 5.91 Å². The highest BCUT2D eigenvalue weighted by Crippen LogP contribution is 2.31. The summed E-state index contributed by atoms with van der Waals surface area (Å²) in [6.07, 6.45) is 0.217. The second-order valence-corrected chi connectivity index (χ2v) is 7.96. The van der Waals surface area contributed by atoms with Crippen molar-refractivity contribution in [3.05, 3.63) is 68.0 Å². The van der Waals surface area contributed by atoms with Crippen molar-refractivity contribution in [1.29, 1.82) is 0 Å². The fraction of sp³-hybridized carbons (Fsp3) is 0.200. The number of nitrogens with one attached hydrogen (secondary N) is 1. The molecule has 0 atom stereocenters. The summed E-state index contributed by atoms with van der Waals surface area (Å²) in [4.78, 5) is 16.9. The van der Waals surface area contributed by atoms with Gasteiger partial charge in [-0.2, -0.15) is 0 Å². The Labute approximate surface area is 167 Å². The predicted molar refractivity (Wildman–Crippen MR) is 111 cm³/mol. The first kappa shape index (κ1) is 18.9. The van der Waals surface area contributed by atoms with Crippen molar-refractivity contribution in [2.24, 2.45) is 0 Å². The van der Waals surface area contributed by atoms with E-state index in [0.717, 1.165) is 16.8 Å². The van der Waals surface area contributed by atoms with E-state index in [9.17, 15) is 4.79 Å². The molecule has 0 aliphatic carbocycles. The van der Waals surface area contributed by atoms with E-state index in [1.165, 1.54) is 28.0 Å². The number of hydrogen-bond donors (Lipinski definition) is 1. The van der Waals surface area contributed by atoms with Crippen LogP contribution in [0, 0.1) is 20.8 Å². The molecule has 6 heteroatoms. The second-order valence-electron chi connectivity index (χ2n) is 6.29. The van der Waals surface area contributed by atoms with Gasteiger partial charge in [-0.05, 0) is 49.6 Å². The molecule has 1 N–H and O–H groups in total. The Morgan fingerprint density at radius 3 is 2.42 bits per heavy atom. The minimum absolute atomic E-state index is 0.137. The van der Waals surface area contributed by atoms with Crippen LogP contribution in [-0.4, -0.2) is 10.9 Å². The molecule has 26 heavy (non-hydrogen) atoms. The molecule has 0 spiro atoms. The summed E-state index contributed by atoms with van der Waals surface area (Å²) in [6.45, 7) is 6.24. The number of nitrogens with zero attached hydrogens (tertiary/aromatic N) is 1. The Morgan fingerprint density at radius 2 is 1.77 bits per heavy atom. The SMILES string of the molecule is Cc1cc(C)c(-c2csc(NC(=O)Cc3ccc(Cl)c(Cl)c3)n2)c(C)c1. The number of aryl methyl sites for hydroxylation is 3. The van der Waals surface area contributed by atoms with Crippen LogP contribution in [0.1, 0.15) is 22.3 Å². The summed E-state index contributed by atoms with van der Waals surface area (Å²) < 4.78 is 0. The lowest BCUT2D eigenvalue weighted by molar-refractivity contribution is -0.115. The van der Waals surface area contributed by atoms with E-state index in [-0.39, 0.29) is 12.3 Å². The van der Waals surface area contributed by atoms with Crippen molar-refractivity contribution in [3.8, 4) is 11.3 Å². The monoisotopic (exact) mass is 404 g/mol. The van der Waals surface area contributed by atoms with Crippen LogP contribution in [0.4, 0.5) is 5.13 Å². The van der Waals surface area contributed by atoms with Gasteiger partial charge in [-0.25, -0.2) is 4.98 Å². The lowest BCUT2D eigenvalue weighted by atomic mass is 9.98. The summed E-state index contributed by atoms with van der Waals surface area (Å²) in [5.74, 6) is -0.137. The highest BCUT2D eigenvalue weighted by atomic mass is 35.5. The molecule has 3 nitrogen and oxygen atoms in total. The zero-order valence-electron chi connectivity index (χ0n) is 14.7. The van der Waals surface area contributed by atoms with E-state index in [4.69, 9.17) is 23.2 Å². The Kier molecular flexibility index (Phi) is 5.66. The first-order valence-electron chi connectivity index (χ1n) is 8.11. The van der Waals surface area contributed by atoms with Gasteiger partial charge in [0.05, 0.1) is 22.2 Å². The molecule has 3 rings (SSSR count). The van der Waals surface area contributed by atoms with Gasteiger partial charge in [0.15, 0.2) is 5.13 Å². The van der Waals surface area contributed by atoms with Crippen LogP contribution >= 0.6 is 34.5 Å². The molecule has 0 aliphatic rings. The van der Waals surface area contributed by atoms with E-state index in [1.807, 2.05) is 5.38 Å². The molecular formula is C20H18Cl2N2OS. The lowest BCUT2D eigenvalue weighted by Crippen LogP contribution is -2.14. The third-order valence-corrected chi connectivity index (χ3v) is 5.53. The Hall–Kier alpha value is -1.88. The molecule has 1 aromatic heterocycles. The Morgan fingerprint density at radius 1 is 1.08 bits per heavy atom. The molecule has 1 heterocycles. The molecule has 0 unspecified atom stereocenters. The summed E-state index contributed by atoms with van der Waals surface area (Å²) >= 11 is 13.3. The first-order valence-corrected chi connectivity index (χ1v) is 9.74. The number of anilines is 1. The maximum atomic E-state index is 12.3. The minimum Gasteiger partial charge on any atom is -0.302 e. The summed E-state index contributed by atoms with van der Waals surface area (Å²) in [7, 11) is 0. The highest BCUT2D eigenvalue weighted by Gasteiger charge is 2.13. The van der Waals surface area contributed by atoms with E-state index >= 15 is 0 Å². The number of hydrogen-bond acceptors (Lipinski definition) is 3. The highest BCUT2D eigenvalue weighted by molar-refractivity contribution is 7.14. The molecule has 0 bridgehead atoms. The number of amides is 1. The number of carbonyl (C=O) groups excluding carboxylic acids is 1. The van der Waals surface area contributed by atoms with Crippen molar-refractivity contribution in [3.63, 3.8) is 0 Å². The molecular weight excluding hydrogens is 387 g/mol. The zero-order chi connectivity index (χ0) is 18.8. The molecule has 1 amide bonds. The minimum atomic E-state index is -0.137. The Bertz CT molecular complexity index is 959. The van der Waals surface area contributed by atoms with Gasteiger partial charge in [0.25, 0.3) is 0 Å². The number of aromatic nitrogens is 1. The molecule has 0 radical (unpaired) electrons. The number of carbonyl (C=O) groups is 1. The molecule has 3 aromatic rings. The maximum Gasteiger partial charge on any atom is 0.230 e. The predicted octanol–water partition coefficient (Wildman–Crippen LogP) is 6.22. The summed E-state index contributed by atoms with van der Waals surface area (Å²) in [5, 5.41) is 6.34. The van der Waals surface area contributed by atoms with Crippen LogP contribution in [0.2, 0.25) is 10.0 Å². The number of rotatable bonds is 4. The van der Waals surface area contributed by atoms with E-state index < -0.39 is 0 Å². The van der Waals surface area contributed by atoms with Gasteiger partial charge in [0.1, 0.15) is 0 Å². The third-order valence-electron chi connectivity index (χ3n) is 4.03. The third kappa shape index (κ3) is 4.26. The number of thiazole rings is 1.